The van der Waals surface area contributed by atoms with Crippen molar-refractivity contribution in [2.75, 3.05) is 0 Å². The summed E-state index contributed by atoms with van der Waals surface area (Å²) in [5.74, 6) is 0.174. The summed E-state index contributed by atoms with van der Waals surface area (Å²) in [5.41, 5.74) is 2.21. The van der Waals surface area contributed by atoms with Gasteiger partial charge in [0, 0.05) is 12.0 Å². The molecule has 0 saturated carbocycles. The van der Waals surface area contributed by atoms with Crippen LogP contribution in [0.5, 0.6) is 11.7 Å². The monoisotopic (exact) mass is 396 g/mol. The van der Waals surface area contributed by atoms with Gasteiger partial charge in [-0.3, -0.25) is 9.59 Å². The van der Waals surface area contributed by atoms with E-state index in [0.29, 0.717) is 16.5 Å². The molecule has 29 heavy (non-hydrogen) atoms. The number of carbonyl (C=O) groups excluding carboxylic acids is 1. The Morgan fingerprint density at radius 2 is 1.97 bits per heavy atom. The molecule has 1 aliphatic heterocycles. The molecule has 2 atom stereocenters. The second kappa shape index (κ2) is 7.90. The summed E-state index contributed by atoms with van der Waals surface area (Å²) in [4.78, 5) is 24.8. The van der Waals surface area contributed by atoms with E-state index in [2.05, 4.69) is 0 Å². The number of allylic oxidation sites excluding steroid dienone is 4. The fourth-order valence-corrected chi connectivity index (χ4v) is 3.86. The summed E-state index contributed by atoms with van der Waals surface area (Å²) < 4.78 is 11.9. The van der Waals surface area contributed by atoms with Crippen LogP contribution in [0.4, 0.5) is 0 Å². The number of carbonyl (C=O) groups is 1. The lowest BCUT2D eigenvalue weighted by Gasteiger charge is -2.28. The molecule has 5 heteroatoms. The SMILES string of the molecule is CC(C)=CC(=O)/C=C(\C)CCCC1(C)Oc2oc3cc(O)ccc3c(=O)c2C1C. The molecule has 2 unspecified atom stereocenters. The third-order valence-corrected chi connectivity index (χ3v) is 5.62. The van der Waals surface area contributed by atoms with E-state index in [1.807, 2.05) is 34.6 Å². The molecule has 0 bridgehead atoms. The van der Waals surface area contributed by atoms with Crippen LogP contribution in [0.25, 0.3) is 11.0 Å². The molecule has 0 radical (unpaired) electrons. The first-order chi connectivity index (χ1) is 13.6. The van der Waals surface area contributed by atoms with E-state index in [1.54, 1.807) is 18.2 Å². The average Bonchev–Trinajstić information content (AvgIpc) is 2.84. The van der Waals surface area contributed by atoms with Crippen LogP contribution in [0.2, 0.25) is 0 Å². The number of rotatable bonds is 6. The first-order valence-corrected chi connectivity index (χ1v) is 9.95. The summed E-state index contributed by atoms with van der Waals surface area (Å²) in [6.07, 6.45) is 5.63. The molecular formula is C24H28O5. The molecule has 3 rings (SSSR count). The third-order valence-electron chi connectivity index (χ3n) is 5.62. The Morgan fingerprint density at radius 1 is 1.24 bits per heavy atom. The van der Waals surface area contributed by atoms with Crippen LogP contribution >= 0.6 is 0 Å². The Bertz CT molecular complexity index is 1070. The fraction of sp³-hybridized carbons (Fsp3) is 0.417. The van der Waals surface area contributed by atoms with Crippen LogP contribution in [0, 0.1) is 0 Å². The summed E-state index contributed by atoms with van der Waals surface area (Å²) in [7, 11) is 0. The van der Waals surface area contributed by atoms with E-state index in [-0.39, 0.29) is 28.8 Å². The van der Waals surface area contributed by atoms with Crippen molar-refractivity contribution in [2.24, 2.45) is 0 Å². The molecule has 1 N–H and O–H groups in total. The minimum Gasteiger partial charge on any atom is -0.508 e. The van der Waals surface area contributed by atoms with Gasteiger partial charge in [-0.15, -0.1) is 0 Å². The van der Waals surface area contributed by atoms with Crippen molar-refractivity contribution in [3.63, 3.8) is 0 Å². The van der Waals surface area contributed by atoms with Crippen LogP contribution in [0.1, 0.15) is 65.4 Å². The molecule has 154 valence electrons. The number of fused-ring (bicyclic) bond motifs is 2. The molecule has 2 heterocycles. The van der Waals surface area contributed by atoms with E-state index in [4.69, 9.17) is 9.15 Å². The Balaban J connectivity index is 1.76. The van der Waals surface area contributed by atoms with Gasteiger partial charge in [0.15, 0.2) is 11.2 Å². The molecule has 1 aliphatic rings. The van der Waals surface area contributed by atoms with Crippen LogP contribution in [-0.2, 0) is 4.79 Å². The second-order valence-electron chi connectivity index (χ2n) is 8.42. The maximum absolute atomic E-state index is 12.9. The number of hydrogen-bond donors (Lipinski definition) is 1. The van der Waals surface area contributed by atoms with Gasteiger partial charge in [-0.05, 0) is 71.2 Å². The quantitative estimate of drug-likeness (QED) is 0.661. The minimum absolute atomic E-state index is 0.0105. The zero-order valence-corrected chi connectivity index (χ0v) is 17.7. The molecule has 0 aliphatic carbocycles. The van der Waals surface area contributed by atoms with Crippen LogP contribution in [0.15, 0.2) is 50.7 Å². The Hall–Kier alpha value is -2.82. The van der Waals surface area contributed by atoms with Gasteiger partial charge in [0.2, 0.25) is 0 Å². The summed E-state index contributed by atoms with van der Waals surface area (Å²) in [6, 6.07) is 4.49. The van der Waals surface area contributed by atoms with Crippen molar-refractivity contribution >= 4 is 16.8 Å². The zero-order valence-electron chi connectivity index (χ0n) is 17.7. The van der Waals surface area contributed by atoms with Gasteiger partial charge >= 0.3 is 0 Å². The molecule has 5 nitrogen and oxygen atoms in total. The summed E-state index contributed by atoms with van der Waals surface area (Å²) in [5, 5.41) is 10.1. The van der Waals surface area contributed by atoms with Gasteiger partial charge in [-0.2, -0.15) is 0 Å². The topological polar surface area (TPSA) is 76.7 Å². The molecular weight excluding hydrogens is 368 g/mol. The largest absolute Gasteiger partial charge is 0.508 e. The number of hydrogen-bond acceptors (Lipinski definition) is 5. The van der Waals surface area contributed by atoms with Crippen molar-refractivity contribution in [1.82, 2.24) is 0 Å². The fourth-order valence-electron chi connectivity index (χ4n) is 3.86. The predicted molar refractivity (Wildman–Crippen MR) is 114 cm³/mol. The second-order valence-corrected chi connectivity index (χ2v) is 8.42. The average molecular weight is 396 g/mol. The van der Waals surface area contributed by atoms with E-state index in [9.17, 15) is 14.7 Å². The van der Waals surface area contributed by atoms with Gasteiger partial charge < -0.3 is 14.3 Å². The van der Waals surface area contributed by atoms with Crippen molar-refractivity contribution in [1.29, 1.82) is 0 Å². The van der Waals surface area contributed by atoms with Crippen molar-refractivity contribution in [3.05, 3.63) is 57.3 Å². The Labute approximate surface area is 170 Å². The number of ether oxygens (including phenoxy) is 1. The van der Waals surface area contributed by atoms with E-state index >= 15 is 0 Å². The lowest BCUT2D eigenvalue weighted by atomic mass is 9.83. The first kappa shape index (κ1) is 20.9. The number of phenols is 1. The smallest absolute Gasteiger partial charge is 0.293 e. The van der Waals surface area contributed by atoms with Gasteiger partial charge in [-0.25, -0.2) is 0 Å². The van der Waals surface area contributed by atoms with E-state index in [0.717, 1.165) is 30.4 Å². The van der Waals surface area contributed by atoms with Crippen LogP contribution < -0.4 is 10.2 Å². The minimum atomic E-state index is -0.561. The van der Waals surface area contributed by atoms with Crippen LogP contribution in [0.3, 0.4) is 0 Å². The highest BCUT2D eigenvalue weighted by atomic mass is 16.6. The first-order valence-electron chi connectivity index (χ1n) is 9.95. The Morgan fingerprint density at radius 3 is 2.66 bits per heavy atom. The normalized spacial score (nSPS) is 21.0. The molecule has 0 amide bonds. The lowest BCUT2D eigenvalue weighted by Crippen LogP contribution is -2.33. The predicted octanol–water partition coefficient (Wildman–Crippen LogP) is 5.41. The highest BCUT2D eigenvalue weighted by Gasteiger charge is 2.45. The van der Waals surface area contributed by atoms with Crippen molar-refractivity contribution < 1.29 is 19.1 Å². The number of ketones is 1. The van der Waals surface area contributed by atoms with Crippen molar-refractivity contribution in [3.8, 4) is 11.7 Å². The third kappa shape index (κ3) is 4.29. The molecule has 0 spiro atoms. The van der Waals surface area contributed by atoms with Crippen molar-refractivity contribution in [2.45, 2.75) is 65.4 Å². The summed E-state index contributed by atoms with van der Waals surface area (Å²) >= 11 is 0. The number of phenolic OH excluding ortho intramolecular Hbond substituents is 1. The number of aromatic hydroxyl groups is 1. The summed E-state index contributed by atoms with van der Waals surface area (Å²) in [6.45, 7) is 9.73. The molecule has 0 fully saturated rings. The number of benzene rings is 1. The maximum atomic E-state index is 12.9. The standard InChI is InChI=1S/C24H28O5/c1-14(2)11-18(26)12-15(3)7-6-10-24(5)16(4)21-22(27)19-9-8-17(25)13-20(19)28-23(21)29-24/h8-9,11-13,16,25H,6-7,10H2,1-5H3/b15-12+. The zero-order chi connectivity index (χ0) is 21.3. The lowest BCUT2D eigenvalue weighted by molar-refractivity contribution is -0.110. The van der Waals surface area contributed by atoms with Gasteiger partial charge in [0.25, 0.3) is 5.95 Å². The molecule has 1 aromatic carbocycles. The Kier molecular flexibility index (Phi) is 5.69. The van der Waals surface area contributed by atoms with E-state index in [1.165, 1.54) is 12.1 Å². The van der Waals surface area contributed by atoms with Gasteiger partial charge in [-0.1, -0.05) is 18.1 Å². The van der Waals surface area contributed by atoms with Gasteiger partial charge in [0.05, 0.1) is 10.9 Å². The molecule has 0 saturated heterocycles. The molecule has 1 aromatic heterocycles. The van der Waals surface area contributed by atoms with Crippen LogP contribution in [-0.4, -0.2) is 16.5 Å². The highest BCUT2D eigenvalue weighted by molar-refractivity contribution is 6.00. The van der Waals surface area contributed by atoms with E-state index < -0.39 is 5.60 Å². The maximum Gasteiger partial charge on any atom is 0.293 e. The highest BCUT2D eigenvalue weighted by Crippen LogP contribution is 2.46. The van der Waals surface area contributed by atoms with Gasteiger partial charge in [0.1, 0.15) is 16.9 Å². The molecule has 2 aromatic rings.